The van der Waals surface area contributed by atoms with Crippen LogP contribution in [0.15, 0.2) is 12.3 Å². The molecule has 0 amide bonds. The first kappa shape index (κ1) is 27.4. The molecule has 8 heteroatoms. The minimum atomic E-state index is -2.50. The van der Waals surface area contributed by atoms with Gasteiger partial charge in [-0.05, 0) is 37.7 Å². The van der Waals surface area contributed by atoms with Crippen molar-refractivity contribution in [3.8, 4) is 11.8 Å². The second-order valence-electron chi connectivity index (χ2n) is 9.95. The van der Waals surface area contributed by atoms with Crippen molar-refractivity contribution in [2.45, 2.75) is 89.6 Å². The van der Waals surface area contributed by atoms with Gasteiger partial charge in [0.2, 0.25) is 0 Å². The van der Waals surface area contributed by atoms with Crippen LogP contribution in [0, 0.1) is 23.7 Å². The summed E-state index contributed by atoms with van der Waals surface area (Å²) in [4.78, 5) is 15.5. The molecule has 3 rings (SSSR count). The highest BCUT2D eigenvalue weighted by atomic mass is 35.5. The van der Waals surface area contributed by atoms with E-state index in [0.717, 1.165) is 67.2 Å². The molecule has 2 aromatic heterocycles. The summed E-state index contributed by atoms with van der Waals surface area (Å²) in [5, 5.41) is 21.5. The van der Waals surface area contributed by atoms with Crippen LogP contribution in [0.25, 0.3) is 11.0 Å². The Kier molecular flexibility index (Phi) is 9.54. The molecule has 1 saturated carbocycles. The monoisotopic (exact) mass is 508 g/mol. The summed E-state index contributed by atoms with van der Waals surface area (Å²) in [6, 6.07) is 1.82. The van der Waals surface area contributed by atoms with Crippen LogP contribution in [0.5, 0.6) is 0 Å². The van der Waals surface area contributed by atoms with E-state index in [0.29, 0.717) is 11.4 Å². The fourth-order valence-electron chi connectivity index (χ4n) is 4.93. The van der Waals surface area contributed by atoms with E-state index in [4.69, 9.17) is 16.7 Å². The predicted molar refractivity (Wildman–Crippen MR) is 134 cm³/mol. The summed E-state index contributed by atoms with van der Waals surface area (Å²) in [7, 11) is 1.94. The first-order valence-corrected chi connectivity index (χ1v) is 12.8. The summed E-state index contributed by atoms with van der Waals surface area (Å²) in [5.74, 6) is 2.33. The zero-order valence-electron chi connectivity index (χ0n) is 20.5. The van der Waals surface area contributed by atoms with Gasteiger partial charge in [-0.15, -0.1) is 5.92 Å². The first-order valence-electron chi connectivity index (χ1n) is 12.5. The molecule has 2 N–H and O–H groups in total. The van der Waals surface area contributed by atoms with E-state index >= 15 is 0 Å². The first-order chi connectivity index (χ1) is 16.6. The smallest absolute Gasteiger partial charge is 0.303 e. The molecular weight excluding hydrogens is 474 g/mol. The van der Waals surface area contributed by atoms with Gasteiger partial charge in [0, 0.05) is 61.5 Å². The maximum atomic E-state index is 12.8. The van der Waals surface area contributed by atoms with E-state index in [-0.39, 0.29) is 31.1 Å². The van der Waals surface area contributed by atoms with Gasteiger partial charge in [-0.1, -0.05) is 43.7 Å². The number of aliphatic carboxylic acids is 1. The third-order valence-corrected chi connectivity index (χ3v) is 6.96. The van der Waals surface area contributed by atoms with Crippen LogP contribution in [0.4, 0.5) is 8.78 Å². The van der Waals surface area contributed by atoms with Crippen LogP contribution in [0.2, 0.25) is 5.02 Å². The van der Waals surface area contributed by atoms with Gasteiger partial charge in [0.15, 0.2) is 0 Å². The van der Waals surface area contributed by atoms with Gasteiger partial charge in [-0.3, -0.25) is 4.79 Å². The number of halogens is 3. The number of aryl methyl sites for hydroxylation is 1. The van der Waals surface area contributed by atoms with Gasteiger partial charge in [0.05, 0.1) is 11.1 Å². The fraction of sp³-hybridized carbons (Fsp3) is 0.630. The molecular formula is C27H35ClF2N2O3. The number of aromatic nitrogens is 2. The third-order valence-electron chi connectivity index (χ3n) is 6.75. The number of carbonyl (C=O) groups is 1. The van der Waals surface area contributed by atoms with Crippen molar-refractivity contribution in [3.63, 3.8) is 0 Å². The lowest BCUT2D eigenvalue weighted by molar-refractivity contribution is -0.138. The molecule has 5 nitrogen and oxygen atoms in total. The highest BCUT2D eigenvalue weighted by molar-refractivity contribution is 6.31. The molecule has 35 heavy (non-hydrogen) atoms. The number of carboxylic acids is 1. The number of fused-ring (bicyclic) bond motifs is 1. The Morgan fingerprint density at radius 1 is 1.29 bits per heavy atom. The summed E-state index contributed by atoms with van der Waals surface area (Å²) in [5.41, 5.74) is 2.56. The molecule has 2 heterocycles. The summed E-state index contributed by atoms with van der Waals surface area (Å²) < 4.78 is 27.6. The van der Waals surface area contributed by atoms with Crippen LogP contribution < -0.4 is 0 Å². The summed E-state index contributed by atoms with van der Waals surface area (Å²) in [6.07, 6.45) is 7.56. The number of rotatable bonds is 12. The Labute approximate surface area is 210 Å². The minimum absolute atomic E-state index is 0.00762. The Hall–Kier alpha value is -2.17. The van der Waals surface area contributed by atoms with Crippen LogP contribution in [-0.4, -0.2) is 31.7 Å². The lowest BCUT2D eigenvalue weighted by atomic mass is 9.82. The molecule has 1 aliphatic carbocycles. The molecule has 1 fully saturated rings. The van der Waals surface area contributed by atoms with Gasteiger partial charge < -0.3 is 14.8 Å². The number of hydrogen-bond donors (Lipinski definition) is 2. The van der Waals surface area contributed by atoms with E-state index < -0.39 is 18.0 Å². The van der Waals surface area contributed by atoms with Crippen molar-refractivity contribution in [1.82, 2.24) is 9.55 Å². The number of hydrogen-bond acceptors (Lipinski definition) is 3. The maximum absolute atomic E-state index is 12.8. The van der Waals surface area contributed by atoms with Crippen LogP contribution >= 0.6 is 11.6 Å². The molecule has 2 unspecified atom stereocenters. The maximum Gasteiger partial charge on any atom is 0.303 e. The average Bonchev–Trinajstić information content (AvgIpc) is 3.01. The number of carboxylic acid groups (broad SMARTS) is 1. The Bertz CT molecular complexity index is 1080. The fourth-order valence-corrected chi connectivity index (χ4v) is 5.09. The molecule has 2 atom stereocenters. The van der Waals surface area contributed by atoms with Crippen LogP contribution in [0.1, 0.15) is 88.5 Å². The lowest BCUT2D eigenvalue weighted by Gasteiger charge is -2.31. The number of pyridine rings is 1. The second kappa shape index (κ2) is 12.2. The summed E-state index contributed by atoms with van der Waals surface area (Å²) in [6.45, 7) is 1.83. The van der Waals surface area contributed by atoms with E-state index in [1.807, 2.05) is 24.6 Å². The van der Waals surface area contributed by atoms with Crippen LogP contribution in [-0.2, 0) is 18.3 Å². The molecule has 0 saturated heterocycles. The van der Waals surface area contributed by atoms with E-state index in [9.17, 15) is 18.7 Å². The number of aliphatic hydroxyl groups excluding tert-OH is 1. The van der Waals surface area contributed by atoms with E-state index in [2.05, 4.69) is 16.8 Å². The van der Waals surface area contributed by atoms with Crippen molar-refractivity contribution >= 4 is 28.6 Å². The zero-order valence-corrected chi connectivity index (χ0v) is 21.3. The van der Waals surface area contributed by atoms with Crippen molar-refractivity contribution in [2.75, 3.05) is 0 Å². The minimum Gasteiger partial charge on any atom is -0.481 e. The summed E-state index contributed by atoms with van der Waals surface area (Å²) >= 11 is 6.20. The van der Waals surface area contributed by atoms with Gasteiger partial charge in [0.1, 0.15) is 5.65 Å². The van der Waals surface area contributed by atoms with Gasteiger partial charge >= 0.3 is 5.97 Å². The van der Waals surface area contributed by atoms with Gasteiger partial charge in [-0.25, -0.2) is 13.8 Å². The second-order valence-corrected chi connectivity index (χ2v) is 10.4. The van der Waals surface area contributed by atoms with E-state index in [1.54, 1.807) is 6.20 Å². The Morgan fingerprint density at radius 3 is 2.66 bits per heavy atom. The SMILES string of the molecule is CC(CC(=O)O)CC(O)c1c(CCCCCCCC#CC2CC(F)(F)C2)n(C)c2ncc(Cl)cc12. The number of nitrogens with zero attached hydrogens (tertiary/aromatic N) is 2. The molecule has 0 spiro atoms. The molecule has 0 aromatic carbocycles. The van der Waals surface area contributed by atoms with E-state index in [1.165, 1.54) is 0 Å². The third kappa shape index (κ3) is 7.65. The largest absolute Gasteiger partial charge is 0.481 e. The number of aliphatic hydroxyl groups is 1. The Morgan fingerprint density at radius 2 is 1.97 bits per heavy atom. The van der Waals surface area contributed by atoms with Gasteiger partial charge in [-0.2, -0.15) is 0 Å². The van der Waals surface area contributed by atoms with Gasteiger partial charge in [0.25, 0.3) is 5.92 Å². The standard InChI is InChI=1S/C27H35ClF2N2O3/c1-18(13-24(34)35)12-23(33)25-21-14-20(28)17-31-26(21)32(2)22(25)11-9-7-5-3-4-6-8-10-19-15-27(29,30)16-19/h14,17-19,23,33H,3-7,9,11-13,15-16H2,1-2H3,(H,34,35). The highest BCUT2D eigenvalue weighted by Crippen LogP contribution is 2.41. The van der Waals surface area contributed by atoms with Crippen molar-refractivity contribution in [1.29, 1.82) is 0 Å². The molecule has 1 aliphatic rings. The number of unbranched alkanes of at least 4 members (excludes halogenated alkanes) is 5. The van der Waals surface area contributed by atoms with Crippen molar-refractivity contribution in [3.05, 3.63) is 28.5 Å². The Balaban J connectivity index is 1.53. The van der Waals surface area contributed by atoms with Crippen molar-refractivity contribution < 1.29 is 23.8 Å². The highest BCUT2D eigenvalue weighted by Gasteiger charge is 2.44. The quantitative estimate of drug-likeness (QED) is 0.247. The average molecular weight is 509 g/mol. The zero-order chi connectivity index (χ0) is 25.6. The molecule has 0 radical (unpaired) electrons. The molecule has 2 aromatic rings. The normalized spacial score (nSPS) is 17.0. The number of alkyl halides is 2. The lowest BCUT2D eigenvalue weighted by Crippen LogP contribution is -2.34. The predicted octanol–water partition coefficient (Wildman–Crippen LogP) is 6.69. The van der Waals surface area contributed by atoms with Crippen molar-refractivity contribution in [2.24, 2.45) is 18.9 Å². The molecule has 0 bridgehead atoms. The van der Waals surface area contributed by atoms with Crippen LogP contribution in [0.3, 0.4) is 0 Å². The topological polar surface area (TPSA) is 75.3 Å². The molecule has 0 aliphatic heterocycles. The molecule has 192 valence electrons.